The highest BCUT2D eigenvalue weighted by molar-refractivity contribution is 5.88. The SMILES string of the molecule is CCOC(=O)c1cn(Cc2ccccc2)c(=N)n(NOCCOC)c1=O. The van der Waals surface area contributed by atoms with Crippen molar-refractivity contribution >= 4 is 5.97 Å². The Hall–Kier alpha value is -2.91. The van der Waals surface area contributed by atoms with Gasteiger partial charge in [-0.05, 0) is 12.5 Å². The number of carbonyl (C=O) groups is 1. The molecule has 0 spiro atoms. The Kier molecular flexibility index (Phi) is 7.12. The molecule has 1 aromatic heterocycles. The zero-order chi connectivity index (χ0) is 18.9. The van der Waals surface area contributed by atoms with E-state index in [-0.39, 0.29) is 24.4 Å². The zero-order valence-electron chi connectivity index (χ0n) is 14.7. The van der Waals surface area contributed by atoms with Crippen molar-refractivity contribution in [1.29, 1.82) is 5.41 Å². The summed E-state index contributed by atoms with van der Waals surface area (Å²) >= 11 is 0. The molecule has 0 aliphatic rings. The van der Waals surface area contributed by atoms with Crippen molar-refractivity contribution < 1.29 is 19.1 Å². The van der Waals surface area contributed by atoms with E-state index >= 15 is 0 Å². The Morgan fingerprint density at radius 2 is 1.96 bits per heavy atom. The standard InChI is InChI=1S/C17H22N4O5/c1-3-25-16(23)14-12-20(11-13-7-5-4-6-8-13)17(18)21(15(14)22)19-26-10-9-24-2/h4-8,12,18-19H,3,9-11H2,1-2H3. The predicted molar refractivity (Wildman–Crippen MR) is 93.2 cm³/mol. The molecule has 9 nitrogen and oxygen atoms in total. The van der Waals surface area contributed by atoms with Gasteiger partial charge in [-0.1, -0.05) is 30.3 Å². The van der Waals surface area contributed by atoms with Gasteiger partial charge in [0, 0.05) is 13.3 Å². The molecule has 2 aromatic rings. The van der Waals surface area contributed by atoms with Crippen LogP contribution in [0.5, 0.6) is 0 Å². The number of aromatic nitrogens is 2. The second-order valence-electron chi connectivity index (χ2n) is 5.27. The van der Waals surface area contributed by atoms with Crippen LogP contribution in [-0.2, 0) is 20.9 Å². The molecular formula is C17H22N4O5. The first-order valence-electron chi connectivity index (χ1n) is 8.07. The summed E-state index contributed by atoms with van der Waals surface area (Å²) < 4.78 is 12.1. The lowest BCUT2D eigenvalue weighted by Gasteiger charge is -2.15. The third-order valence-electron chi connectivity index (χ3n) is 3.44. The van der Waals surface area contributed by atoms with Crippen molar-refractivity contribution in [3.05, 3.63) is 63.6 Å². The molecule has 9 heteroatoms. The first-order valence-corrected chi connectivity index (χ1v) is 8.07. The lowest BCUT2D eigenvalue weighted by atomic mass is 10.2. The maximum Gasteiger partial charge on any atom is 0.345 e. The fourth-order valence-electron chi connectivity index (χ4n) is 2.19. The van der Waals surface area contributed by atoms with Gasteiger partial charge in [-0.2, -0.15) is 10.3 Å². The summed E-state index contributed by atoms with van der Waals surface area (Å²) in [5, 5.41) is 8.26. The minimum atomic E-state index is -0.758. The summed E-state index contributed by atoms with van der Waals surface area (Å²) in [6.07, 6.45) is 1.32. The van der Waals surface area contributed by atoms with E-state index < -0.39 is 11.5 Å². The molecule has 0 aliphatic carbocycles. The highest BCUT2D eigenvalue weighted by atomic mass is 16.7. The number of benzene rings is 1. The third kappa shape index (κ3) is 4.80. The molecule has 26 heavy (non-hydrogen) atoms. The number of methoxy groups -OCH3 is 1. The van der Waals surface area contributed by atoms with Crippen LogP contribution in [0, 0.1) is 5.41 Å². The normalized spacial score (nSPS) is 10.5. The van der Waals surface area contributed by atoms with E-state index in [0.29, 0.717) is 13.2 Å². The van der Waals surface area contributed by atoms with Crippen LogP contribution in [0.3, 0.4) is 0 Å². The van der Waals surface area contributed by atoms with Gasteiger partial charge in [-0.3, -0.25) is 15.0 Å². The third-order valence-corrected chi connectivity index (χ3v) is 3.44. The fourth-order valence-corrected chi connectivity index (χ4v) is 2.19. The minimum absolute atomic E-state index is 0.136. The van der Waals surface area contributed by atoms with Gasteiger partial charge < -0.3 is 14.0 Å². The number of ether oxygens (including phenoxy) is 2. The molecule has 0 radical (unpaired) electrons. The Balaban J connectivity index is 2.42. The van der Waals surface area contributed by atoms with Gasteiger partial charge in [-0.15, -0.1) is 0 Å². The summed E-state index contributed by atoms with van der Waals surface area (Å²) in [5.74, 6) is -0.758. The van der Waals surface area contributed by atoms with Crippen LogP contribution >= 0.6 is 0 Å². The van der Waals surface area contributed by atoms with Crippen molar-refractivity contribution in [3.8, 4) is 0 Å². The highest BCUT2D eigenvalue weighted by Gasteiger charge is 2.17. The molecule has 0 saturated carbocycles. The molecular weight excluding hydrogens is 340 g/mol. The number of nitrogens with one attached hydrogen (secondary N) is 2. The van der Waals surface area contributed by atoms with Crippen molar-refractivity contribution in [2.24, 2.45) is 0 Å². The smallest absolute Gasteiger partial charge is 0.345 e. The molecule has 0 aliphatic heterocycles. The Bertz CT molecular complexity index is 844. The lowest BCUT2D eigenvalue weighted by molar-refractivity contribution is 0.0519. The Morgan fingerprint density at radius 1 is 1.23 bits per heavy atom. The molecule has 0 bridgehead atoms. The van der Waals surface area contributed by atoms with Gasteiger partial charge in [0.15, 0.2) is 0 Å². The average Bonchev–Trinajstić information content (AvgIpc) is 2.64. The van der Waals surface area contributed by atoms with Crippen LogP contribution in [0.25, 0.3) is 0 Å². The van der Waals surface area contributed by atoms with E-state index in [9.17, 15) is 9.59 Å². The molecule has 1 aromatic carbocycles. The maximum atomic E-state index is 12.5. The summed E-state index contributed by atoms with van der Waals surface area (Å²) in [7, 11) is 1.51. The summed E-state index contributed by atoms with van der Waals surface area (Å²) in [5.41, 5.74) is 2.20. The van der Waals surface area contributed by atoms with Crippen LogP contribution in [0.4, 0.5) is 0 Å². The zero-order valence-corrected chi connectivity index (χ0v) is 14.7. The second kappa shape index (κ2) is 9.54. The van der Waals surface area contributed by atoms with Crippen LogP contribution in [0.1, 0.15) is 22.8 Å². The number of nitrogens with zero attached hydrogens (tertiary/aromatic N) is 2. The monoisotopic (exact) mass is 362 g/mol. The van der Waals surface area contributed by atoms with Crippen molar-refractivity contribution in [2.45, 2.75) is 13.5 Å². The number of carbonyl (C=O) groups excluding carboxylic acids is 1. The molecule has 0 fully saturated rings. The molecule has 2 N–H and O–H groups in total. The number of hydrogen-bond donors (Lipinski definition) is 2. The van der Waals surface area contributed by atoms with Gasteiger partial charge in [0.2, 0.25) is 5.62 Å². The van der Waals surface area contributed by atoms with Crippen molar-refractivity contribution in [1.82, 2.24) is 9.24 Å². The molecule has 2 rings (SSSR count). The predicted octanol–water partition coefficient (Wildman–Crippen LogP) is 0.476. The number of rotatable bonds is 9. The van der Waals surface area contributed by atoms with E-state index in [4.69, 9.17) is 19.7 Å². The summed E-state index contributed by atoms with van der Waals surface area (Å²) in [4.78, 5) is 29.8. The van der Waals surface area contributed by atoms with Gasteiger partial charge in [-0.25, -0.2) is 4.79 Å². The first kappa shape index (κ1) is 19.4. The second-order valence-corrected chi connectivity index (χ2v) is 5.27. The van der Waals surface area contributed by atoms with Crippen LogP contribution in [-0.4, -0.2) is 42.1 Å². The largest absolute Gasteiger partial charge is 0.462 e. The van der Waals surface area contributed by atoms with Gasteiger partial charge >= 0.3 is 5.97 Å². The lowest BCUT2D eigenvalue weighted by Crippen LogP contribution is -2.47. The van der Waals surface area contributed by atoms with Gasteiger partial charge in [0.1, 0.15) is 5.56 Å². The summed E-state index contributed by atoms with van der Waals surface area (Å²) in [6, 6.07) is 9.39. The van der Waals surface area contributed by atoms with E-state index in [1.807, 2.05) is 30.3 Å². The summed E-state index contributed by atoms with van der Waals surface area (Å²) in [6.45, 7) is 2.55. The highest BCUT2D eigenvalue weighted by Crippen LogP contribution is 2.01. The maximum absolute atomic E-state index is 12.5. The van der Waals surface area contributed by atoms with Crippen molar-refractivity contribution in [3.63, 3.8) is 0 Å². The molecule has 0 amide bonds. The Labute approximate surface area is 150 Å². The average molecular weight is 362 g/mol. The van der Waals surface area contributed by atoms with E-state index in [2.05, 4.69) is 5.59 Å². The molecule has 0 atom stereocenters. The van der Waals surface area contributed by atoms with E-state index in [0.717, 1.165) is 10.2 Å². The number of hydrogen-bond acceptors (Lipinski definition) is 7. The van der Waals surface area contributed by atoms with Gasteiger partial charge in [0.25, 0.3) is 5.56 Å². The van der Waals surface area contributed by atoms with E-state index in [1.54, 1.807) is 6.92 Å². The van der Waals surface area contributed by atoms with Crippen molar-refractivity contribution in [2.75, 3.05) is 32.5 Å². The van der Waals surface area contributed by atoms with Gasteiger partial charge in [0.05, 0.1) is 26.4 Å². The van der Waals surface area contributed by atoms with Crippen LogP contribution < -0.4 is 16.8 Å². The minimum Gasteiger partial charge on any atom is -0.462 e. The molecule has 0 saturated heterocycles. The first-order chi connectivity index (χ1) is 12.6. The molecule has 0 unspecified atom stereocenters. The van der Waals surface area contributed by atoms with Crippen LogP contribution in [0.2, 0.25) is 0 Å². The van der Waals surface area contributed by atoms with Crippen LogP contribution in [0.15, 0.2) is 41.3 Å². The van der Waals surface area contributed by atoms with E-state index in [1.165, 1.54) is 17.9 Å². The number of esters is 1. The Morgan fingerprint density at radius 3 is 2.62 bits per heavy atom. The topological polar surface area (TPSA) is 108 Å². The fraction of sp³-hybridized carbons (Fsp3) is 0.353. The molecule has 140 valence electrons. The quantitative estimate of drug-likeness (QED) is 0.382. The molecule has 1 heterocycles.